The summed E-state index contributed by atoms with van der Waals surface area (Å²) in [6, 6.07) is 0. The van der Waals surface area contributed by atoms with E-state index in [4.69, 9.17) is 0 Å². The molecule has 0 aromatic carbocycles. The van der Waals surface area contributed by atoms with Crippen LogP contribution >= 0.6 is 0 Å². The van der Waals surface area contributed by atoms with Crippen molar-refractivity contribution in [3.05, 3.63) is 0 Å². The smallest absolute Gasteiger partial charge is 0.185 e. The topological polar surface area (TPSA) is 43.4 Å². The third kappa shape index (κ3) is 3.30. The minimum atomic E-state index is -5.38. The van der Waals surface area contributed by atoms with E-state index in [0.717, 1.165) is 0 Å². The molecule has 0 aliphatic rings. The van der Waals surface area contributed by atoms with Gasteiger partial charge in [-0.2, -0.15) is 21.6 Å². The van der Waals surface area contributed by atoms with Crippen molar-refractivity contribution in [2.45, 2.75) is 5.51 Å². The summed E-state index contributed by atoms with van der Waals surface area (Å²) in [7, 11) is -5.38. The third-order valence-electron chi connectivity index (χ3n) is 0.509. The molecule has 0 N–H and O–H groups in total. The molecule has 0 fully saturated rings. The van der Waals surface area contributed by atoms with E-state index in [2.05, 4.69) is 3.63 Å². The molecule has 0 aromatic rings. The SMILES string of the molecule is C[S+](C)OS(=O)(=O)C(F)(F)F. The second-order valence-corrected chi connectivity index (χ2v) is 5.11. The predicted molar refractivity (Wildman–Crippen MR) is 35.3 cm³/mol. The Labute approximate surface area is 65.2 Å². The molecular formula is C3H6F3O3S2+. The van der Waals surface area contributed by atoms with Crippen LogP contribution in [0.1, 0.15) is 0 Å². The lowest BCUT2D eigenvalue weighted by Gasteiger charge is -2.02. The second-order valence-electron chi connectivity index (χ2n) is 1.71. The number of hydrogen-bond acceptors (Lipinski definition) is 3. The zero-order chi connectivity index (χ0) is 9.28. The van der Waals surface area contributed by atoms with Crippen LogP contribution < -0.4 is 0 Å². The van der Waals surface area contributed by atoms with E-state index in [1.807, 2.05) is 0 Å². The average Bonchev–Trinajstić information content (AvgIpc) is 1.56. The van der Waals surface area contributed by atoms with Gasteiger partial charge in [0.05, 0.1) is 0 Å². The van der Waals surface area contributed by atoms with Crippen molar-refractivity contribution in [3.8, 4) is 0 Å². The van der Waals surface area contributed by atoms with Gasteiger partial charge in [0.25, 0.3) is 0 Å². The summed E-state index contributed by atoms with van der Waals surface area (Å²) >= 11 is -1.24. The molecule has 8 heteroatoms. The van der Waals surface area contributed by atoms with E-state index in [0.29, 0.717) is 0 Å². The van der Waals surface area contributed by atoms with E-state index in [1.165, 1.54) is 12.5 Å². The van der Waals surface area contributed by atoms with Gasteiger partial charge in [-0.3, -0.25) is 0 Å². The maximum absolute atomic E-state index is 11.5. The van der Waals surface area contributed by atoms with Crippen molar-refractivity contribution >= 4 is 21.3 Å². The highest BCUT2D eigenvalue weighted by Gasteiger charge is 2.51. The Bertz CT molecular complexity index is 216. The zero-order valence-corrected chi connectivity index (χ0v) is 7.31. The molecule has 0 aromatic heterocycles. The van der Waals surface area contributed by atoms with Gasteiger partial charge >= 0.3 is 15.6 Å². The van der Waals surface area contributed by atoms with Crippen molar-refractivity contribution < 1.29 is 25.2 Å². The van der Waals surface area contributed by atoms with Crippen molar-refractivity contribution in [1.82, 2.24) is 0 Å². The van der Waals surface area contributed by atoms with E-state index >= 15 is 0 Å². The maximum Gasteiger partial charge on any atom is 0.527 e. The summed E-state index contributed by atoms with van der Waals surface area (Å²) in [6.07, 6.45) is 2.45. The van der Waals surface area contributed by atoms with Crippen molar-refractivity contribution in [1.29, 1.82) is 0 Å². The molecule has 0 amide bonds. The zero-order valence-electron chi connectivity index (χ0n) is 5.68. The predicted octanol–water partition coefficient (Wildman–Crippen LogP) is 0.645. The summed E-state index contributed by atoms with van der Waals surface area (Å²) < 4.78 is 58.4. The van der Waals surface area contributed by atoms with Crippen molar-refractivity contribution in [2.24, 2.45) is 0 Å². The Morgan fingerprint density at radius 1 is 1.27 bits per heavy atom. The standard InChI is InChI=1S/C3H6F3O3S2/c1-10(2)9-11(7,8)3(4,5)6/h1-2H3/q+1. The van der Waals surface area contributed by atoms with E-state index in [1.54, 1.807) is 0 Å². The minimum Gasteiger partial charge on any atom is -0.185 e. The highest BCUT2D eigenvalue weighted by Crippen LogP contribution is 2.25. The van der Waals surface area contributed by atoms with Crippen LogP contribution in [0.3, 0.4) is 0 Å². The van der Waals surface area contributed by atoms with E-state index < -0.39 is 26.8 Å². The Morgan fingerprint density at radius 3 is 1.73 bits per heavy atom. The average molecular weight is 211 g/mol. The van der Waals surface area contributed by atoms with Crippen LogP contribution in [0.15, 0.2) is 0 Å². The molecule has 0 atom stereocenters. The quantitative estimate of drug-likeness (QED) is 0.497. The molecule has 0 bridgehead atoms. The van der Waals surface area contributed by atoms with Gasteiger partial charge in [0, 0.05) is 0 Å². The fraction of sp³-hybridized carbons (Fsp3) is 1.00. The normalized spacial score (nSPS) is 14.0. The Hall–Kier alpha value is 0.0500. The molecule has 0 rings (SSSR count). The van der Waals surface area contributed by atoms with Crippen LogP contribution in [0, 0.1) is 0 Å². The summed E-state index contributed by atoms with van der Waals surface area (Å²) in [5.74, 6) is 0. The van der Waals surface area contributed by atoms with Gasteiger partial charge < -0.3 is 0 Å². The van der Waals surface area contributed by atoms with Crippen LogP contribution in [0.25, 0.3) is 0 Å². The van der Waals surface area contributed by atoms with Crippen LogP contribution in [0.2, 0.25) is 0 Å². The lowest BCUT2D eigenvalue weighted by atomic mass is 11.6. The first kappa shape index (κ1) is 11.1. The highest BCUT2D eigenvalue weighted by molar-refractivity contribution is 8.02. The first-order valence-corrected chi connectivity index (χ1v) is 5.63. The lowest BCUT2D eigenvalue weighted by molar-refractivity contribution is -0.0495. The summed E-state index contributed by atoms with van der Waals surface area (Å²) in [4.78, 5) is 0. The molecule has 3 nitrogen and oxygen atoms in total. The van der Waals surface area contributed by atoms with Gasteiger partial charge in [-0.1, -0.05) is 0 Å². The molecular weight excluding hydrogens is 205 g/mol. The largest absolute Gasteiger partial charge is 0.527 e. The molecule has 0 heterocycles. The molecule has 0 saturated carbocycles. The van der Waals surface area contributed by atoms with Crippen molar-refractivity contribution in [3.63, 3.8) is 0 Å². The summed E-state index contributed by atoms with van der Waals surface area (Å²) in [6.45, 7) is 0. The van der Waals surface area contributed by atoms with Crippen LogP contribution in [-0.4, -0.2) is 26.4 Å². The summed E-state index contributed by atoms with van der Waals surface area (Å²) in [5, 5.41) is 0. The lowest BCUT2D eigenvalue weighted by Crippen LogP contribution is -2.27. The molecule has 0 saturated heterocycles. The minimum absolute atomic E-state index is 1.23. The third-order valence-corrected chi connectivity index (χ3v) is 2.88. The highest BCUT2D eigenvalue weighted by atomic mass is 32.3. The molecule has 0 unspecified atom stereocenters. The van der Waals surface area contributed by atoms with Gasteiger partial charge in [-0.05, 0) is 3.63 Å². The Morgan fingerprint density at radius 2 is 1.64 bits per heavy atom. The molecule has 0 spiro atoms. The first-order valence-electron chi connectivity index (χ1n) is 2.25. The number of hydrogen-bond donors (Lipinski definition) is 0. The molecule has 11 heavy (non-hydrogen) atoms. The first-order chi connectivity index (χ1) is 4.67. The number of rotatable bonds is 2. The van der Waals surface area contributed by atoms with Crippen molar-refractivity contribution in [2.75, 3.05) is 12.5 Å². The fourth-order valence-electron chi connectivity index (χ4n) is 0.218. The van der Waals surface area contributed by atoms with Gasteiger partial charge in [0.15, 0.2) is 11.2 Å². The fourth-order valence-corrected chi connectivity index (χ4v) is 1.96. The van der Waals surface area contributed by atoms with Gasteiger partial charge in [-0.25, -0.2) is 0 Å². The van der Waals surface area contributed by atoms with Crippen LogP contribution in [-0.2, 0) is 24.9 Å². The molecule has 68 valence electrons. The molecule has 0 radical (unpaired) electrons. The van der Waals surface area contributed by atoms with Gasteiger partial charge in [0.1, 0.15) is 12.5 Å². The maximum atomic E-state index is 11.5. The van der Waals surface area contributed by atoms with Gasteiger partial charge in [0.2, 0.25) is 0 Å². The Kier molecular flexibility index (Phi) is 3.21. The number of halogens is 3. The van der Waals surface area contributed by atoms with Crippen LogP contribution in [0.5, 0.6) is 0 Å². The van der Waals surface area contributed by atoms with Gasteiger partial charge in [-0.15, -0.1) is 0 Å². The monoisotopic (exact) mass is 211 g/mol. The van der Waals surface area contributed by atoms with E-state index in [-0.39, 0.29) is 0 Å². The number of alkyl halides is 3. The van der Waals surface area contributed by atoms with Crippen LogP contribution in [0.4, 0.5) is 13.2 Å². The summed E-state index contributed by atoms with van der Waals surface area (Å²) in [5.41, 5.74) is -5.32. The Balaban J connectivity index is 4.51. The second kappa shape index (κ2) is 3.20. The molecule has 0 aliphatic carbocycles. The van der Waals surface area contributed by atoms with E-state index in [9.17, 15) is 21.6 Å². The molecule has 0 aliphatic heterocycles.